The van der Waals surface area contributed by atoms with Gasteiger partial charge in [-0.15, -0.1) is 0 Å². The van der Waals surface area contributed by atoms with Crippen molar-refractivity contribution in [1.29, 1.82) is 0 Å². The molecule has 9 rings (SSSR count). The van der Waals surface area contributed by atoms with E-state index in [1.165, 1.54) is 0 Å². The number of nitrogens with one attached hydrogen (secondary N) is 2. The number of anilines is 4. The van der Waals surface area contributed by atoms with Crippen LogP contribution in [0.1, 0.15) is 5.56 Å². The predicted molar refractivity (Wildman–Crippen MR) is 238 cm³/mol. The summed E-state index contributed by atoms with van der Waals surface area (Å²) in [5.41, 5.74) is 21.7. The van der Waals surface area contributed by atoms with E-state index in [0.717, 1.165) is 84.1 Å². The van der Waals surface area contributed by atoms with E-state index in [-0.39, 0.29) is 5.75 Å². The number of phenols is 1. The molecule has 0 spiro atoms. The number of aromatic nitrogens is 2. The monoisotopic (exact) mass is 740 g/mol. The Balaban J connectivity index is 1.07. The van der Waals surface area contributed by atoms with Crippen molar-refractivity contribution >= 4 is 45.8 Å². The van der Waals surface area contributed by atoms with E-state index < -0.39 is 0 Å². The molecule has 0 saturated carbocycles. The first-order chi connectivity index (χ1) is 28.0. The van der Waals surface area contributed by atoms with E-state index in [9.17, 15) is 5.11 Å². The third kappa shape index (κ3) is 6.79. The van der Waals surface area contributed by atoms with Crippen molar-refractivity contribution in [3.8, 4) is 50.5 Å². The summed E-state index contributed by atoms with van der Waals surface area (Å²) < 4.78 is 4.33. The molecule has 0 aliphatic rings. The number of hydrogen-bond acceptors (Lipinski definition) is 4. The summed E-state index contributed by atoms with van der Waals surface area (Å²) in [6, 6.07) is 63.1. The second-order valence-corrected chi connectivity index (χ2v) is 13.9. The van der Waals surface area contributed by atoms with Gasteiger partial charge in [-0.25, -0.2) is 14.4 Å². The Morgan fingerprint density at radius 1 is 0.526 bits per heavy atom. The minimum atomic E-state index is 0.209. The molecule has 1 heterocycles. The minimum absolute atomic E-state index is 0.209. The van der Waals surface area contributed by atoms with E-state index in [2.05, 4.69) is 117 Å². The number of para-hydroxylation sites is 8. The van der Waals surface area contributed by atoms with E-state index in [1.54, 1.807) is 12.4 Å². The van der Waals surface area contributed by atoms with Gasteiger partial charge in [0.25, 0.3) is 0 Å². The van der Waals surface area contributed by atoms with Crippen LogP contribution >= 0.6 is 0 Å². The number of phenolic OH excluding ortho intramolecular Hbond substituents is 1. The molecule has 0 unspecified atom stereocenters. The second-order valence-electron chi connectivity index (χ2n) is 13.9. The molecular weight excluding hydrogens is 701 g/mol. The lowest BCUT2D eigenvalue weighted by Gasteiger charge is -2.29. The molecule has 0 fully saturated rings. The molecular formula is C50H40N6O. The van der Waals surface area contributed by atoms with Gasteiger partial charge < -0.3 is 21.5 Å². The Kier molecular flexibility index (Phi) is 9.30. The Labute approximate surface area is 331 Å². The van der Waals surface area contributed by atoms with Crippen LogP contribution in [0.3, 0.4) is 0 Å². The van der Waals surface area contributed by atoms with E-state index in [0.29, 0.717) is 5.69 Å². The SMILES string of the molecule is Cc1cccc(-n2c3ccccc3n2-c2ccccc2N)c1-c1cc(-c2cccc(-c3ccccc3Nc3ccccc3NC=Nc3ccccc3)c2)ccc1O. The van der Waals surface area contributed by atoms with Crippen molar-refractivity contribution in [1.82, 2.24) is 9.36 Å². The van der Waals surface area contributed by atoms with Gasteiger partial charge in [0.1, 0.15) is 5.75 Å². The molecule has 0 aliphatic carbocycles. The lowest BCUT2D eigenvalue weighted by molar-refractivity contribution is 0.477. The van der Waals surface area contributed by atoms with Crippen molar-refractivity contribution in [3.63, 3.8) is 0 Å². The number of nitrogens with two attached hydrogens (primary N) is 1. The van der Waals surface area contributed by atoms with Gasteiger partial charge in [-0.05, 0) is 108 Å². The molecule has 7 heteroatoms. The van der Waals surface area contributed by atoms with Crippen molar-refractivity contribution < 1.29 is 5.11 Å². The molecule has 8 aromatic carbocycles. The largest absolute Gasteiger partial charge is 0.507 e. The molecule has 5 N–H and O–H groups in total. The van der Waals surface area contributed by atoms with Gasteiger partial charge in [-0.2, -0.15) is 0 Å². The van der Waals surface area contributed by atoms with E-state index >= 15 is 0 Å². The molecule has 276 valence electrons. The van der Waals surface area contributed by atoms with Gasteiger partial charge in [0.15, 0.2) is 0 Å². The highest BCUT2D eigenvalue weighted by molar-refractivity contribution is 5.92. The second kappa shape index (κ2) is 15.2. The van der Waals surface area contributed by atoms with Crippen LogP contribution in [0.15, 0.2) is 193 Å². The maximum absolute atomic E-state index is 11.5. The van der Waals surface area contributed by atoms with Crippen molar-refractivity contribution in [2.45, 2.75) is 6.92 Å². The fourth-order valence-corrected chi connectivity index (χ4v) is 7.51. The van der Waals surface area contributed by atoms with Crippen molar-refractivity contribution in [2.75, 3.05) is 16.4 Å². The van der Waals surface area contributed by atoms with Crippen LogP contribution in [-0.2, 0) is 0 Å². The molecule has 0 amide bonds. The highest BCUT2D eigenvalue weighted by Crippen LogP contribution is 2.42. The number of aryl methyl sites for hydroxylation is 1. The predicted octanol–water partition coefficient (Wildman–Crippen LogP) is 12.5. The molecule has 0 saturated heterocycles. The standard InChI is InChI=1S/C50H40N6O/c1-34-15-13-28-48(56-47-27-12-11-26-46(47)55(56)45-25-10-6-21-41(45)51)50(34)40-32-36(29-30-49(40)57)35-16-14-17-37(31-35)39-20-5-7-22-42(39)54-44-24-9-8-23-43(44)53-33-52-38-18-3-2-4-19-38/h2-33,54,57H,51H2,1H3,(H,52,53). The summed E-state index contributed by atoms with van der Waals surface area (Å²) in [6.07, 6.45) is 1.72. The molecule has 0 aliphatic heterocycles. The zero-order valence-electron chi connectivity index (χ0n) is 31.3. The fraction of sp³-hybridized carbons (Fsp3) is 0.0200. The lowest BCUT2D eigenvalue weighted by atomic mass is 9.92. The first kappa shape index (κ1) is 35.0. The van der Waals surface area contributed by atoms with Crippen LogP contribution in [0, 0.1) is 6.92 Å². The summed E-state index contributed by atoms with van der Waals surface area (Å²) in [7, 11) is 0. The highest BCUT2D eigenvalue weighted by Gasteiger charge is 2.23. The number of aromatic hydroxyl groups is 1. The molecule has 0 atom stereocenters. The van der Waals surface area contributed by atoms with Gasteiger partial charge >= 0.3 is 0 Å². The summed E-state index contributed by atoms with van der Waals surface area (Å²) >= 11 is 0. The van der Waals surface area contributed by atoms with Crippen LogP contribution in [0.2, 0.25) is 0 Å². The van der Waals surface area contributed by atoms with Gasteiger partial charge in [0.05, 0.1) is 51.5 Å². The quantitative estimate of drug-likeness (QED) is 0.0638. The van der Waals surface area contributed by atoms with Gasteiger partial charge in [-0.3, -0.25) is 0 Å². The summed E-state index contributed by atoms with van der Waals surface area (Å²) in [5.74, 6) is 0.209. The van der Waals surface area contributed by atoms with Crippen LogP contribution in [0.4, 0.5) is 28.4 Å². The Morgan fingerprint density at radius 3 is 1.95 bits per heavy atom. The third-order valence-corrected chi connectivity index (χ3v) is 10.3. The fourth-order valence-electron chi connectivity index (χ4n) is 7.51. The van der Waals surface area contributed by atoms with E-state index in [4.69, 9.17) is 5.73 Å². The third-order valence-electron chi connectivity index (χ3n) is 10.3. The summed E-state index contributed by atoms with van der Waals surface area (Å²) in [6.45, 7) is 2.09. The molecule has 1 aromatic heterocycles. The number of nitrogen functional groups attached to an aromatic ring is 1. The summed E-state index contributed by atoms with van der Waals surface area (Å²) in [5, 5.41) is 18.6. The van der Waals surface area contributed by atoms with Gasteiger partial charge in [0, 0.05) is 22.4 Å². The van der Waals surface area contributed by atoms with Crippen LogP contribution in [-0.4, -0.2) is 20.8 Å². The molecule has 0 bridgehead atoms. The van der Waals surface area contributed by atoms with Gasteiger partial charge in [-0.1, -0.05) is 109 Å². The van der Waals surface area contributed by atoms with Crippen LogP contribution in [0.5, 0.6) is 5.75 Å². The Hall–Kier alpha value is -7.77. The Bertz CT molecular complexity index is 2900. The molecule has 0 radical (unpaired) electrons. The topological polar surface area (TPSA) is 92.5 Å². The van der Waals surface area contributed by atoms with Gasteiger partial charge in [0.2, 0.25) is 0 Å². The first-order valence-corrected chi connectivity index (χ1v) is 18.9. The van der Waals surface area contributed by atoms with Crippen molar-refractivity contribution in [3.05, 3.63) is 194 Å². The maximum Gasteiger partial charge on any atom is 0.123 e. The zero-order valence-corrected chi connectivity index (χ0v) is 31.3. The molecule has 57 heavy (non-hydrogen) atoms. The summed E-state index contributed by atoms with van der Waals surface area (Å²) in [4.78, 5) is 4.55. The lowest BCUT2D eigenvalue weighted by Crippen LogP contribution is -2.22. The van der Waals surface area contributed by atoms with Crippen molar-refractivity contribution in [2.24, 2.45) is 4.99 Å². The highest BCUT2D eigenvalue weighted by atomic mass is 16.3. The molecule has 9 aromatic rings. The minimum Gasteiger partial charge on any atom is -0.507 e. The maximum atomic E-state index is 11.5. The van der Waals surface area contributed by atoms with Crippen LogP contribution < -0.4 is 16.4 Å². The Morgan fingerprint density at radius 2 is 1.14 bits per heavy atom. The first-order valence-electron chi connectivity index (χ1n) is 18.9. The number of aliphatic imine (C=N–C) groups is 1. The van der Waals surface area contributed by atoms with Crippen LogP contribution in [0.25, 0.3) is 55.8 Å². The zero-order chi connectivity index (χ0) is 38.7. The normalized spacial score (nSPS) is 11.3. The number of rotatable bonds is 10. The molecule has 7 nitrogen and oxygen atoms in total. The number of nitrogens with zero attached hydrogens (tertiary/aromatic N) is 3. The number of fused-ring (bicyclic) bond motifs is 1. The average Bonchev–Trinajstić information content (AvgIpc) is 3.24. The average molecular weight is 741 g/mol. The smallest absolute Gasteiger partial charge is 0.123 e. The van der Waals surface area contributed by atoms with E-state index in [1.807, 2.05) is 97.1 Å². The number of benzene rings is 8. The number of hydrogen-bond donors (Lipinski definition) is 4.